The third kappa shape index (κ3) is 4.79. The van der Waals surface area contributed by atoms with Crippen LogP contribution >= 0.6 is 15.9 Å². The second kappa shape index (κ2) is 8.62. The molecule has 0 radical (unpaired) electrons. The number of benzene rings is 2. The van der Waals surface area contributed by atoms with Gasteiger partial charge in [0.25, 0.3) is 5.91 Å². The van der Waals surface area contributed by atoms with Gasteiger partial charge in [-0.05, 0) is 47.1 Å². The van der Waals surface area contributed by atoms with Crippen molar-refractivity contribution in [2.45, 2.75) is 13.0 Å². The molecule has 1 atom stereocenters. The summed E-state index contributed by atoms with van der Waals surface area (Å²) in [5.74, 6) is 2.08. The van der Waals surface area contributed by atoms with Crippen molar-refractivity contribution in [3.8, 4) is 23.0 Å². The van der Waals surface area contributed by atoms with Gasteiger partial charge in [-0.3, -0.25) is 4.79 Å². The Hall–Kier alpha value is -2.41. The Balaban J connectivity index is 2.09. The average Bonchev–Trinajstić information content (AvgIpc) is 2.63. The van der Waals surface area contributed by atoms with Crippen LogP contribution in [-0.2, 0) is 4.79 Å². The van der Waals surface area contributed by atoms with Crippen LogP contribution in [0, 0.1) is 0 Å². The molecule has 0 heterocycles. The van der Waals surface area contributed by atoms with Crippen LogP contribution in [0.25, 0.3) is 0 Å². The third-order valence-corrected chi connectivity index (χ3v) is 4.09. The van der Waals surface area contributed by atoms with Gasteiger partial charge >= 0.3 is 0 Å². The fourth-order valence-corrected chi connectivity index (χ4v) is 2.59. The summed E-state index contributed by atoms with van der Waals surface area (Å²) in [5.41, 5.74) is 0.498. The quantitative estimate of drug-likeness (QED) is 0.751. The lowest BCUT2D eigenvalue weighted by Gasteiger charge is -2.17. The fraction of sp³-hybridized carbons (Fsp3) is 0.278. The zero-order valence-corrected chi connectivity index (χ0v) is 16.0. The molecule has 0 bridgehead atoms. The van der Waals surface area contributed by atoms with E-state index in [0.29, 0.717) is 22.9 Å². The first kappa shape index (κ1) is 18.9. The van der Waals surface area contributed by atoms with E-state index in [4.69, 9.17) is 18.9 Å². The van der Waals surface area contributed by atoms with Crippen LogP contribution in [0.5, 0.6) is 23.0 Å². The summed E-state index contributed by atoms with van der Waals surface area (Å²) >= 11 is 3.38. The van der Waals surface area contributed by atoms with E-state index >= 15 is 0 Å². The van der Waals surface area contributed by atoms with Crippen molar-refractivity contribution in [1.29, 1.82) is 0 Å². The zero-order chi connectivity index (χ0) is 18.4. The zero-order valence-electron chi connectivity index (χ0n) is 14.5. The summed E-state index contributed by atoms with van der Waals surface area (Å²) in [6.07, 6.45) is -0.701. The van der Waals surface area contributed by atoms with Gasteiger partial charge in [-0.15, -0.1) is 0 Å². The Morgan fingerprint density at radius 1 is 0.960 bits per heavy atom. The minimum absolute atomic E-state index is 0.307. The van der Waals surface area contributed by atoms with E-state index in [1.54, 1.807) is 57.5 Å². The molecule has 0 spiro atoms. The molecular weight excluding hydrogens is 390 g/mol. The van der Waals surface area contributed by atoms with Gasteiger partial charge in [0.15, 0.2) is 6.10 Å². The Morgan fingerprint density at radius 2 is 1.56 bits per heavy atom. The molecule has 7 heteroatoms. The van der Waals surface area contributed by atoms with Gasteiger partial charge in [0.2, 0.25) is 0 Å². The molecule has 2 aromatic rings. The van der Waals surface area contributed by atoms with Crippen LogP contribution in [0.15, 0.2) is 40.9 Å². The Morgan fingerprint density at radius 3 is 2.12 bits per heavy atom. The molecule has 1 unspecified atom stereocenters. The summed E-state index contributed by atoms with van der Waals surface area (Å²) in [4.78, 5) is 12.4. The number of amides is 1. The summed E-state index contributed by atoms with van der Waals surface area (Å²) in [6.45, 7) is 1.67. The molecule has 1 amide bonds. The molecule has 0 saturated heterocycles. The predicted molar refractivity (Wildman–Crippen MR) is 99.0 cm³/mol. The lowest BCUT2D eigenvalue weighted by Crippen LogP contribution is -2.30. The van der Waals surface area contributed by atoms with E-state index in [2.05, 4.69) is 21.2 Å². The number of halogens is 1. The van der Waals surface area contributed by atoms with Gasteiger partial charge in [-0.2, -0.15) is 0 Å². The molecule has 0 aliphatic heterocycles. The minimum Gasteiger partial charge on any atom is -0.497 e. The summed E-state index contributed by atoms with van der Waals surface area (Å²) in [5, 5.41) is 2.79. The standard InChI is InChI=1S/C18H20BrNO5/c1-11(25-13-7-5-12(22-2)6-8-13)18(21)20-15-10-16(23-3)14(19)9-17(15)24-4/h5-11H,1-4H3,(H,20,21). The molecule has 25 heavy (non-hydrogen) atoms. The maximum atomic E-state index is 12.4. The van der Waals surface area contributed by atoms with Crippen molar-refractivity contribution in [2.24, 2.45) is 0 Å². The Kier molecular flexibility index (Phi) is 6.52. The molecule has 134 valence electrons. The molecule has 0 aliphatic carbocycles. The first-order valence-electron chi connectivity index (χ1n) is 7.51. The fourth-order valence-electron chi connectivity index (χ4n) is 2.10. The van der Waals surface area contributed by atoms with Gasteiger partial charge in [-0.25, -0.2) is 0 Å². The van der Waals surface area contributed by atoms with Crippen LogP contribution in [0.4, 0.5) is 5.69 Å². The first-order chi connectivity index (χ1) is 12.0. The number of ether oxygens (including phenoxy) is 4. The van der Waals surface area contributed by atoms with Crippen molar-refractivity contribution in [3.63, 3.8) is 0 Å². The molecule has 2 rings (SSSR count). The molecule has 1 N–H and O–H groups in total. The van der Waals surface area contributed by atoms with Gasteiger partial charge in [0.05, 0.1) is 31.5 Å². The summed E-state index contributed by atoms with van der Waals surface area (Å²) in [7, 11) is 4.67. The predicted octanol–water partition coefficient (Wildman–Crippen LogP) is 3.88. The van der Waals surface area contributed by atoms with Gasteiger partial charge in [-0.1, -0.05) is 0 Å². The minimum atomic E-state index is -0.701. The van der Waals surface area contributed by atoms with Gasteiger partial charge < -0.3 is 24.3 Å². The number of anilines is 1. The number of hydrogen-bond acceptors (Lipinski definition) is 5. The first-order valence-corrected chi connectivity index (χ1v) is 8.31. The lowest BCUT2D eigenvalue weighted by atomic mass is 10.2. The van der Waals surface area contributed by atoms with Crippen LogP contribution in [0.3, 0.4) is 0 Å². The molecule has 6 nitrogen and oxygen atoms in total. The highest BCUT2D eigenvalue weighted by Gasteiger charge is 2.18. The Bertz CT molecular complexity index is 733. The van der Waals surface area contributed by atoms with Crippen molar-refractivity contribution in [1.82, 2.24) is 0 Å². The number of carbonyl (C=O) groups excluding carboxylic acids is 1. The van der Waals surface area contributed by atoms with Crippen molar-refractivity contribution < 1.29 is 23.7 Å². The highest BCUT2D eigenvalue weighted by Crippen LogP contribution is 2.36. The maximum Gasteiger partial charge on any atom is 0.265 e. The van der Waals surface area contributed by atoms with Crippen molar-refractivity contribution in [3.05, 3.63) is 40.9 Å². The van der Waals surface area contributed by atoms with E-state index in [0.717, 1.165) is 10.2 Å². The smallest absolute Gasteiger partial charge is 0.265 e. The summed E-state index contributed by atoms with van der Waals surface area (Å²) in [6, 6.07) is 10.4. The van der Waals surface area contributed by atoms with E-state index in [1.807, 2.05) is 0 Å². The number of methoxy groups -OCH3 is 3. The van der Waals surface area contributed by atoms with E-state index < -0.39 is 6.10 Å². The topological polar surface area (TPSA) is 66.0 Å². The highest BCUT2D eigenvalue weighted by molar-refractivity contribution is 9.10. The van der Waals surface area contributed by atoms with E-state index in [9.17, 15) is 4.79 Å². The maximum absolute atomic E-state index is 12.4. The molecular formula is C18H20BrNO5. The number of rotatable bonds is 7. The summed E-state index contributed by atoms with van der Waals surface area (Å²) < 4.78 is 22.0. The Labute approximate surface area is 155 Å². The average molecular weight is 410 g/mol. The van der Waals surface area contributed by atoms with Crippen molar-refractivity contribution >= 4 is 27.5 Å². The van der Waals surface area contributed by atoms with Crippen LogP contribution in [0.1, 0.15) is 6.92 Å². The second-order valence-electron chi connectivity index (χ2n) is 5.11. The van der Waals surface area contributed by atoms with E-state index in [-0.39, 0.29) is 5.91 Å². The highest BCUT2D eigenvalue weighted by atomic mass is 79.9. The third-order valence-electron chi connectivity index (χ3n) is 3.47. The molecule has 2 aromatic carbocycles. The monoisotopic (exact) mass is 409 g/mol. The van der Waals surface area contributed by atoms with Crippen LogP contribution in [-0.4, -0.2) is 33.3 Å². The number of hydrogen-bond donors (Lipinski definition) is 1. The largest absolute Gasteiger partial charge is 0.497 e. The SMILES string of the molecule is COc1ccc(OC(C)C(=O)Nc2cc(OC)c(Br)cc2OC)cc1. The van der Waals surface area contributed by atoms with E-state index in [1.165, 1.54) is 7.11 Å². The molecule has 0 saturated carbocycles. The number of nitrogens with one attached hydrogen (secondary N) is 1. The molecule has 0 fully saturated rings. The normalized spacial score (nSPS) is 11.4. The van der Waals surface area contributed by atoms with Crippen molar-refractivity contribution in [2.75, 3.05) is 26.6 Å². The second-order valence-corrected chi connectivity index (χ2v) is 5.97. The number of carbonyl (C=O) groups is 1. The van der Waals surface area contributed by atoms with Crippen LogP contribution < -0.4 is 24.3 Å². The van der Waals surface area contributed by atoms with Gasteiger partial charge in [0.1, 0.15) is 23.0 Å². The molecule has 0 aromatic heterocycles. The lowest BCUT2D eigenvalue weighted by molar-refractivity contribution is -0.122. The van der Waals surface area contributed by atoms with Crippen LogP contribution in [0.2, 0.25) is 0 Å². The molecule has 0 aliphatic rings. The van der Waals surface area contributed by atoms with Gasteiger partial charge in [0, 0.05) is 12.1 Å².